The molecule has 0 aliphatic carbocycles. The molecule has 0 atom stereocenters. The molecule has 1 aromatic carbocycles. The maximum atomic E-state index is 12.2. The Bertz CT molecular complexity index is 419. The molecule has 0 bridgehead atoms. The van der Waals surface area contributed by atoms with E-state index in [1.54, 1.807) is 0 Å². The highest BCUT2D eigenvalue weighted by atomic mass is 19.4. The molecule has 0 saturated carbocycles. The molecule has 0 radical (unpaired) electrons. The van der Waals surface area contributed by atoms with Gasteiger partial charge in [0.15, 0.2) is 0 Å². The Morgan fingerprint density at radius 3 is 2.00 bits per heavy atom. The Morgan fingerprint density at radius 1 is 1.11 bits per heavy atom. The van der Waals surface area contributed by atoms with Gasteiger partial charge in [0.05, 0.1) is 12.2 Å². The van der Waals surface area contributed by atoms with Crippen LogP contribution in [0.1, 0.15) is 5.56 Å². The summed E-state index contributed by atoms with van der Waals surface area (Å²) in [6, 6.07) is 3.38. The second-order valence-electron chi connectivity index (χ2n) is 3.54. The van der Waals surface area contributed by atoms with Crippen molar-refractivity contribution in [2.75, 3.05) is 6.61 Å². The Labute approximate surface area is 99.1 Å². The van der Waals surface area contributed by atoms with Gasteiger partial charge in [-0.15, -0.1) is 12.1 Å². The van der Waals surface area contributed by atoms with E-state index in [1.807, 2.05) is 0 Å². The van der Waals surface area contributed by atoms with Crippen LogP contribution in [0.2, 0.25) is 0 Å². The van der Waals surface area contributed by atoms with Crippen molar-refractivity contribution < 1.29 is 30.9 Å². The van der Waals surface area contributed by atoms with Crippen LogP contribution in [0.15, 0.2) is 36.3 Å². The van der Waals surface area contributed by atoms with E-state index < -0.39 is 30.8 Å². The summed E-state index contributed by atoms with van der Waals surface area (Å²) in [6.07, 6.45) is -4.49. The third-order valence-corrected chi connectivity index (χ3v) is 2.07. The average molecular weight is 269 g/mol. The molecule has 0 fully saturated rings. The van der Waals surface area contributed by atoms with Crippen LogP contribution in [-0.2, 0) is 6.18 Å². The Balaban J connectivity index is 2.63. The molecule has 1 rings (SSSR count). The zero-order valence-electron chi connectivity index (χ0n) is 8.98. The Kier molecular flexibility index (Phi) is 3.98. The maximum absolute atomic E-state index is 12.2. The minimum atomic E-state index is -5.20. The summed E-state index contributed by atoms with van der Waals surface area (Å²) in [4.78, 5) is 0. The molecular formula is C10H8BF6O-. The maximum Gasteiger partial charge on any atom is 0.508 e. The number of alkyl halides is 3. The van der Waals surface area contributed by atoms with Gasteiger partial charge < -0.3 is 17.7 Å². The first kappa shape index (κ1) is 14.5. The summed E-state index contributed by atoms with van der Waals surface area (Å²) in [5.41, 5.74) is -1.94. The van der Waals surface area contributed by atoms with Crippen LogP contribution in [0.3, 0.4) is 0 Å². The summed E-state index contributed by atoms with van der Waals surface area (Å²) >= 11 is 0. The zero-order chi connectivity index (χ0) is 14.0. The first-order valence-corrected chi connectivity index (χ1v) is 4.78. The van der Waals surface area contributed by atoms with Crippen LogP contribution >= 0.6 is 0 Å². The quantitative estimate of drug-likeness (QED) is 0.592. The highest BCUT2D eigenvalue weighted by Crippen LogP contribution is 2.30. The number of rotatable bonds is 4. The highest BCUT2D eigenvalue weighted by Gasteiger charge is 2.30. The van der Waals surface area contributed by atoms with Crippen molar-refractivity contribution in [3.8, 4) is 5.75 Å². The standard InChI is InChI=1S/C10H8BF6O/c1-7(11(15,16)17)6-18-9-4-2-8(3-5-9)10(12,13)14/h2-5H,1,6H2/q-1. The molecule has 1 aromatic rings. The van der Waals surface area contributed by atoms with Gasteiger partial charge in [-0.3, -0.25) is 0 Å². The molecule has 0 heterocycles. The molecule has 0 spiro atoms. The van der Waals surface area contributed by atoms with Gasteiger partial charge in [0, 0.05) is 0 Å². The lowest BCUT2D eigenvalue weighted by Crippen LogP contribution is -2.23. The third kappa shape index (κ3) is 4.01. The van der Waals surface area contributed by atoms with Gasteiger partial charge in [-0.25, -0.2) is 0 Å². The molecule has 0 amide bonds. The largest absolute Gasteiger partial charge is 0.508 e. The Morgan fingerprint density at radius 2 is 1.61 bits per heavy atom. The predicted octanol–water partition coefficient (Wildman–Crippen LogP) is 4.03. The van der Waals surface area contributed by atoms with Gasteiger partial charge in [0.25, 0.3) is 0 Å². The van der Waals surface area contributed by atoms with Crippen LogP contribution in [0, 0.1) is 0 Å². The monoisotopic (exact) mass is 269 g/mol. The van der Waals surface area contributed by atoms with E-state index >= 15 is 0 Å². The van der Waals surface area contributed by atoms with Gasteiger partial charge in [-0.05, 0) is 24.3 Å². The molecule has 8 heteroatoms. The summed E-state index contributed by atoms with van der Waals surface area (Å²) in [7, 11) is 0. The normalized spacial score (nSPS) is 12.3. The first-order chi connectivity index (χ1) is 8.10. The van der Waals surface area contributed by atoms with Crippen molar-refractivity contribution in [2.24, 2.45) is 0 Å². The number of halogens is 6. The van der Waals surface area contributed by atoms with Crippen molar-refractivity contribution in [3.05, 3.63) is 41.9 Å². The fourth-order valence-electron chi connectivity index (χ4n) is 1.01. The fraction of sp³-hybridized carbons (Fsp3) is 0.200. The summed E-state index contributed by atoms with van der Waals surface area (Å²) in [6.45, 7) is -3.20. The Hall–Kier alpha value is -1.60. The predicted molar refractivity (Wildman–Crippen MR) is 55.2 cm³/mol. The second kappa shape index (κ2) is 4.95. The highest BCUT2D eigenvalue weighted by molar-refractivity contribution is 6.66. The van der Waals surface area contributed by atoms with Crippen molar-refractivity contribution in [2.45, 2.75) is 6.18 Å². The lowest BCUT2D eigenvalue weighted by atomic mass is 9.81. The van der Waals surface area contributed by atoms with Gasteiger partial charge in [-0.2, -0.15) is 13.2 Å². The molecule has 0 unspecified atom stereocenters. The van der Waals surface area contributed by atoms with Crippen molar-refractivity contribution in [1.82, 2.24) is 0 Å². The van der Waals surface area contributed by atoms with Crippen LogP contribution in [0.25, 0.3) is 0 Å². The van der Waals surface area contributed by atoms with Gasteiger partial charge in [-0.1, -0.05) is 0 Å². The molecule has 100 valence electrons. The minimum absolute atomic E-state index is 0.0794. The van der Waals surface area contributed by atoms with Crippen molar-refractivity contribution in [3.63, 3.8) is 0 Å². The van der Waals surface area contributed by atoms with Crippen molar-refractivity contribution in [1.29, 1.82) is 0 Å². The van der Waals surface area contributed by atoms with E-state index in [4.69, 9.17) is 4.74 Å². The fourth-order valence-corrected chi connectivity index (χ4v) is 1.01. The molecule has 0 aliphatic heterocycles. The van der Waals surface area contributed by atoms with E-state index in [0.717, 1.165) is 24.3 Å². The first-order valence-electron chi connectivity index (χ1n) is 4.78. The summed E-state index contributed by atoms with van der Waals surface area (Å²) in [5.74, 6) is -0.0794. The van der Waals surface area contributed by atoms with E-state index in [0.29, 0.717) is 0 Å². The SMILES string of the molecule is C=C(COc1ccc(C(F)(F)F)cc1)[B-](F)(F)F. The number of benzene rings is 1. The summed E-state index contributed by atoms with van der Waals surface area (Å²) in [5, 5.41) is 0. The summed E-state index contributed by atoms with van der Waals surface area (Å²) < 4.78 is 77.6. The van der Waals surface area contributed by atoms with Gasteiger partial charge in [0.1, 0.15) is 5.75 Å². The average Bonchev–Trinajstić information content (AvgIpc) is 2.24. The van der Waals surface area contributed by atoms with Crippen molar-refractivity contribution >= 4 is 6.98 Å². The topological polar surface area (TPSA) is 9.23 Å². The smallest absolute Gasteiger partial charge is 0.492 e. The number of ether oxygens (including phenoxy) is 1. The van der Waals surface area contributed by atoms with Crippen LogP contribution in [0.4, 0.5) is 26.1 Å². The van der Waals surface area contributed by atoms with E-state index in [1.165, 1.54) is 0 Å². The van der Waals surface area contributed by atoms with E-state index in [9.17, 15) is 26.1 Å². The minimum Gasteiger partial charge on any atom is -0.492 e. The zero-order valence-corrected chi connectivity index (χ0v) is 8.98. The third-order valence-electron chi connectivity index (χ3n) is 2.07. The van der Waals surface area contributed by atoms with E-state index in [-0.39, 0.29) is 5.75 Å². The molecule has 0 N–H and O–H groups in total. The lowest BCUT2D eigenvalue weighted by Gasteiger charge is -2.18. The number of hydrogen-bond acceptors (Lipinski definition) is 1. The van der Waals surface area contributed by atoms with E-state index in [2.05, 4.69) is 6.58 Å². The molecule has 0 saturated heterocycles. The second-order valence-corrected chi connectivity index (χ2v) is 3.54. The molecule has 18 heavy (non-hydrogen) atoms. The van der Waals surface area contributed by atoms with Crippen LogP contribution in [0.5, 0.6) is 5.75 Å². The van der Waals surface area contributed by atoms with Crippen LogP contribution in [-0.4, -0.2) is 13.6 Å². The number of hydrogen-bond donors (Lipinski definition) is 0. The molecule has 1 nitrogen and oxygen atoms in total. The van der Waals surface area contributed by atoms with Gasteiger partial charge in [0.2, 0.25) is 0 Å². The van der Waals surface area contributed by atoms with Crippen LogP contribution < -0.4 is 4.74 Å². The molecular weight excluding hydrogens is 261 g/mol. The van der Waals surface area contributed by atoms with Gasteiger partial charge >= 0.3 is 13.2 Å². The molecule has 0 aliphatic rings. The molecule has 0 aromatic heterocycles. The lowest BCUT2D eigenvalue weighted by molar-refractivity contribution is -0.137.